The number of fused-ring (bicyclic) bond motifs is 3. The van der Waals surface area contributed by atoms with Crippen LogP contribution in [0.1, 0.15) is 11.3 Å². The first kappa shape index (κ1) is 13.2. The van der Waals surface area contributed by atoms with E-state index < -0.39 is 0 Å². The largest absolute Gasteiger partial charge is 0.307 e. The zero-order chi connectivity index (χ0) is 15.1. The molecule has 1 aliphatic rings. The van der Waals surface area contributed by atoms with E-state index >= 15 is 0 Å². The minimum Gasteiger partial charge on any atom is -0.307 e. The average molecular weight is 297 g/mol. The normalized spacial score (nSPS) is 13.4. The number of hydrogen-bond acceptors (Lipinski definition) is 2. The third-order valence-electron chi connectivity index (χ3n) is 3.91. The Morgan fingerprint density at radius 1 is 0.955 bits per heavy atom. The molecule has 0 aliphatic carbocycles. The zero-order valence-corrected chi connectivity index (χ0v) is 11.7. The summed E-state index contributed by atoms with van der Waals surface area (Å²) in [5.41, 5.74) is 4.49. The Kier molecular flexibility index (Phi) is 3.01. The predicted octanol–water partition coefficient (Wildman–Crippen LogP) is 3.42. The highest BCUT2D eigenvalue weighted by atomic mass is 19.1. The molecule has 0 saturated heterocycles. The summed E-state index contributed by atoms with van der Waals surface area (Å²) in [4.78, 5) is 0. The van der Waals surface area contributed by atoms with Gasteiger partial charge in [-0.05, 0) is 35.4 Å². The van der Waals surface area contributed by atoms with Crippen molar-refractivity contribution < 1.29 is 8.78 Å². The summed E-state index contributed by atoms with van der Waals surface area (Å²) in [6.45, 7) is 1.27. The third kappa shape index (κ3) is 2.10. The van der Waals surface area contributed by atoms with Crippen LogP contribution < -0.4 is 5.32 Å². The Labute approximate surface area is 126 Å². The zero-order valence-electron chi connectivity index (χ0n) is 11.7. The smallest absolute Gasteiger partial charge is 0.125 e. The van der Waals surface area contributed by atoms with Crippen LogP contribution in [0, 0.1) is 11.6 Å². The monoisotopic (exact) mass is 297 g/mol. The molecule has 0 spiro atoms. The molecule has 0 bridgehead atoms. The number of rotatable bonds is 1. The van der Waals surface area contributed by atoms with Gasteiger partial charge in [0.05, 0.1) is 17.6 Å². The molecule has 1 N–H and O–H groups in total. The summed E-state index contributed by atoms with van der Waals surface area (Å²) in [6, 6.07) is 11.0. The number of nitrogens with one attached hydrogen (secondary N) is 1. The van der Waals surface area contributed by atoms with Gasteiger partial charge in [0.25, 0.3) is 0 Å². The van der Waals surface area contributed by atoms with Crippen molar-refractivity contribution in [1.29, 1.82) is 0 Å². The lowest BCUT2D eigenvalue weighted by molar-refractivity contribution is 0.624. The van der Waals surface area contributed by atoms with Crippen molar-refractivity contribution in [2.75, 3.05) is 0 Å². The molecule has 0 radical (unpaired) electrons. The van der Waals surface area contributed by atoms with Crippen molar-refractivity contribution in [3.63, 3.8) is 0 Å². The number of nitrogens with zero attached hydrogens (tertiary/aromatic N) is 2. The Morgan fingerprint density at radius 2 is 1.73 bits per heavy atom. The molecule has 0 fully saturated rings. The SMILES string of the molecule is Fc1ccc(-c2cnn3c2CNCc2ccc(F)cc2-3)cc1. The molecular formula is C17H13F2N3. The quantitative estimate of drug-likeness (QED) is 0.746. The van der Waals surface area contributed by atoms with E-state index in [4.69, 9.17) is 0 Å². The maximum atomic E-state index is 13.6. The predicted molar refractivity (Wildman–Crippen MR) is 79.5 cm³/mol. The fraction of sp³-hybridized carbons (Fsp3) is 0.118. The van der Waals surface area contributed by atoms with E-state index in [1.807, 2.05) is 0 Å². The maximum absolute atomic E-state index is 13.6. The highest BCUT2D eigenvalue weighted by Gasteiger charge is 2.19. The molecule has 3 nitrogen and oxygen atoms in total. The van der Waals surface area contributed by atoms with E-state index in [1.165, 1.54) is 24.3 Å². The van der Waals surface area contributed by atoms with Gasteiger partial charge in [0.15, 0.2) is 0 Å². The molecule has 5 heteroatoms. The van der Waals surface area contributed by atoms with Crippen molar-refractivity contribution in [3.8, 4) is 16.8 Å². The van der Waals surface area contributed by atoms with Crippen LogP contribution in [-0.2, 0) is 13.1 Å². The Hall–Kier alpha value is -2.53. The van der Waals surface area contributed by atoms with Gasteiger partial charge in [0.2, 0.25) is 0 Å². The number of benzene rings is 2. The van der Waals surface area contributed by atoms with Gasteiger partial charge < -0.3 is 5.32 Å². The van der Waals surface area contributed by atoms with Crippen LogP contribution in [0.2, 0.25) is 0 Å². The van der Waals surface area contributed by atoms with Crippen LogP contribution >= 0.6 is 0 Å². The summed E-state index contributed by atoms with van der Waals surface area (Å²) >= 11 is 0. The molecule has 0 saturated carbocycles. The molecule has 0 unspecified atom stereocenters. The van der Waals surface area contributed by atoms with Gasteiger partial charge in [0.1, 0.15) is 11.6 Å². The van der Waals surface area contributed by atoms with Gasteiger partial charge in [0, 0.05) is 18.7 Å². The topological polar surface area (TPSA) is 29.9 Å². The molecule has 110 valence electrons. The highest BCUT2D eigenvalue weighted by Crippen LogP contribution is 2.29. The van der Waals surface area contributed by atoms with Gasteiger partial charge in [-0.2, -0.15) is 5.10 Å². The second kappa shape index (κ2) is 5.03. The van der Waals surface area contributed by atoms with E-state index in [2.05, 4.69) is 10.4 Å². The van der Waals surface area contributed by atoms with E-state index in [9.17, 15) is 8.78 Å². The Morgan fingerprint density at radius 3 is 2.55 bits per heavy atom. The molecule has 4 rings (SSSR count). The molecule has 3 aromatic rings. The number of halogens is 2. The summed E-state index contributed by atoms with van der Waals surface area (Å²) in [5.74, 6) is -0.557. The lowest BCUT2D eigenvalue weighted by atomic mass is 10.1. The lowest BCUT2D eigenvalue weighted by Gasteiger charge is -2.08. The maximum Gasteiger partial charge on any atom is 0.125 e. The first-order valence-corrected chi connectivity index (χ1v) is 7.05. The third-order valence-corrected chi connectivity index (χ3v) is 3.91. The van der Waals surface area contributed by atoms with E-state index in [0.717, 1.165) is 28.1 Å². The standard InChI is InChI=1S/C17H13F2N3/c18-13-4-1-11(2-5-13)15-9-21-22-16-7-14(19)6-3-12(16)8-20-10-17(15)22/h1-7,9,20H,8,10H2. The van der Waals surface area contributed by atoms with Crippen LogP contribution in [0.15, 0.2) is 48.7 Å². The van der Waals surface area contributed by atoms with Crippen molar-refractivity contribution in [3.05, 3.63) is 71.6 Å². The van der Waals surface area contributed by atoms with Crippen LogP contribution in [0.25, 0.3) is 16.8 Å². The average Bonchev–Trinajstić information content (AvgIpc) is 2.85. The van der Waals surface area contributed by atoms with Crippen LogP contribution in [0.3, 0.4) is 0 Å². The molecule has 2 heterocycles. The van der Waals surface area contributed by atoms with Crippen molar-refractivity contribution >= 4 is 0 Å². The van der Waals surface area contributed by atoms with Gasteiger partial charge in [-0.15, -0.1) is 0 Å². The Balaban J connectivity index is 1.89. The second-order valence-electron chi connectivity index (χ2n) is 5.30. The fourth-order valence-electron chi connectivity index (χ4n) is 2.82. The summed E-state index contributed by atoms with van der Waals surface area (Å²) in [6.07, 6.45) is 1.74. The summed E-state index contributed by atoms with van der Waals surface area (Å²) < 4.78 is 28.5. The fourth-order valence-corrected chi connectivity index (χ4v) is 2.82. The Bertz CT molecular complexity index is 838. The summed E-state index contributed by atoms with van der Waals surface area (Å²) in [7, 11) is 0. The lowest BCUT2D eigenvalue weighted by Crippen LogP contribution is -2.11. The number of aromatic nitrogens is 2. The van der Waals surface area contributed by atoms with Crippen LogP contribution in [0.5, 0.6) is 0 Å². The molecule has 0 amide bonds. The molecular weight excluding hydrogens is 284 g/mol. The molecule has 2 aromatic carbocycles. The van der Waals surface area contributed by atoms with E-state index in [-0.39, 0.29) is 11.6 Å². The van der Waals surface area contributed by atoms with E-state index in [0.29, 0.717) is 13.1 Å². The first-order chi connectivity index (χ1) is 10.7. The minimum absolute atomic E-state index is 0.271. The van der Waals surface area contributed by atoms with Crippen LogP contribution in [0.4, 0.5) is 8.78 Å². The van der Waals surface area contributed by atoms with E-state index in [1.54, 1.807) is 29.1 Å². The minimum atomic E-state index is -0.287. The van der Waals surface area contributed by atoms with Gasteiger partial charge in [-0.1, -0.05) is 18.2 Å². The van der Waals surface area contributed by atoms with Gasteiger partial charge >= 0.3 is 0 Å². The van der Waals surface area contributed by atoms with Gasteiger partial charge in [-0.3, -0.25) is 0 Å². The van der Waals surface area contributed by atoms with Crippen LogP contribution in [-0.4, -0.2) is 9.78 Å². The molecule has 1 aromatic heterocycles. The molecule has 1 aliphatic heterocycles. The molecule has 22 heavy (non-hydrogen) atoms. The molecule has 0 atom stereocenters. The second-order valence-corrected chi connectivity index (χ2v) is 5.30. The van der Waals surface area contributed by atoms with Crippen molar-refractivity contribution in [2.45, 2.75) is 13.1 Å². The van der Waals surface area contributed by atoms with Gasteiger partial charge in [-0.25, -0.2) is 13.5 Å². The first-order valence-electron chi connectivity index (χ1n) is 7.05. The van der Waals surface area contributed by atoms with Crippen molar-refractivity contribution in [2.24, 2.45) is 0 Å². The summed E-state index contributed by atoms with van der Waals surface area (Å²) in [5, 5.41) is 7.74. The van der Waals surface area contributed by atoms with Crippen molar-refractivity contribution in [1.82, 2.24) is 15.1 Å². The number of hydrogen-bond donors (Lipinski definition) is 1. The highest BCUT2D eigenvalue weighted by molar-refractivity contribution is 5.66.